The van der Waals surface area contributed by atoms with E-state index < -0.39 is 0 Å². The lowest BCUT2D eigenvalue weighted by Gasteiger charge is -2.23. The van der Waals surface area contributed by atoms with Gasteiger partial charge in [0, 0.05) is 38.9 Å². The van der Waals surface area contributed by atoms with Crippen LogP contribution in [-0.4, -0.2) is 30.3 Å². The maximum atomic E-state index is 9.24. The number of nitrogens with zero attached hydrogens (tertiary/aromatic N) is 2. The molecule has 0 aliphatic rings. The van der Waals surface area contributed by atoms with Crippen molar-refractivity contribution in [3.05, 3.63) is 24.1 Å². The van der Waals surface area contributed by atoms with Crippen molar-refractivity contribution in [3.8, 4) is 0 Å². The summed E-state index contributed by atoms with van der Waals surface area (Å²) in [6, 6.07) is 6.01. The summed E-state index contributed by atoms with van der Waals surface area (Å²) in [5, 5.41) is 9.24. The van der Waals surface area contributed by atoms with Crippen LogP contribution in [0.3, 0.4) is 0 Å². The topological polar surface area (TPSA) is 49.5 Å². The van der Waals surface area contributed by atoms with Crippen LogP contribution >= 0.6 is 0 Å². The number of anilines is 1. The van der Waals surface area contributed by atoms with Crippen LogP contribution in [0, 0.1) is 12.8 Å². The minimum Gasteiger partial charge on any atom is -0.441 e. The van der Waals surface area contributed by atoms with E-state index >= 15 is 0 Å². The molecule has 0 radical (unpaired) electrons. The van der Waals surface area contributed by atoms with E-state index in [1.54, 1.807) is 0 Å². The molecule has 2 aromatic rings. The number of fused-ring (bicyclic) bond motifs is 1. The van der Waals surface area contributed by atoms with Gasteiger partial charge in [-0.3, -0.25) is 0 Å². The largest absolute Gasteiger partial charge is 0.441 e. The first-order valence-electron chi connectivity index (χ1n) is 6.33. The third-order valence-corrected chi connectivity index (χ3v) is 3.29. The second-order valence-electron chi connectivity index (χ2n) is 4.72. The van der Waals surface area contributed by atoms with E-state index in [2.05, 4.69) is 16.8 Å². The van der Waals surface area contributed by atoms with Crippen molar-refractivity contribution in [3.63, 3.8) is 0 Å². The summed E-state index contributed by atoms with van der Waals surface area (Å²) in [5.41, 5.74) is 2.79. The fourth-order valence-corrected chi connectivity index (χ4v) is 2.07. The van der Waals surface area contributed by atoms with Gasteiger partial charge in [-0.05, 0) is 24.5 Å². The van der Waals surface area contributed by atoms with E-state index in [-0.39, 0.29) is 6.61 Å². The molecular formula is C14H20N2O2. The minimum absolute atomic E-state index is 0.227. The van der Waals surface area contributed by atoms with Crippen molar-refractivity contribution in [2.24, 2.45) is 5.92 Å². The molecule has 1 N–H and O–H groups in total. The van der Waals surface area contributed by atoms with Gasteiger partial charge in [-0.2, -0.15) is 0 Å². The number of aromatic nitrogens is 1. The first-order valence-corrected chi connectivity index (χ1v) is 6.33. The Balaban J connectivity index is 2.19. The Bertz CT molecular complexity index is 517. The molecule has 0 bridgehead atoms. The number of hydrogen-bond acceptors (Lipinski definition) is 4. The standard InChI is InChI=1S/C14H20N2O2/c1-4-11(9-17)8-16(3)12-5-6-13-14(7-12)18-10(2)15-13/h5-7,11,17H,4,8-9H2,1-3H3. The van der Waals surface area contributed by atoms with Crippen LogP contribution in [0.25, 0.3) is 11.1 Å². The zero-order valence-electron chi connectivity index (χ0n) is 11.2. The Kier molecular flexibility index (Phi) is 3.87. The average molecular weight is 248 g/mol. The molecule has 0 spiro atoms. The molecule has 0 amide bonds. The van der Waals surface area contributed by atoms with Crippen molar-refractivity contribution < 1.29 is 9.52 Å². The minimum atomic E-state index is 0.227. The molecule has 0 aliphatic carbocycles. The second kappa shape index (κ2) is 5.40. The van der Waals surface area contributed by atoms with Crippen LogP contribution in [0.15, 0.2) is 22.6 Å². The van der Waals surface area contributed by atoms with E-state index in [4.69, 9.17) is 4.42 Å². The smallest absolute Gasteiger partial charge is 0.192 e. The Morgan fingerprint density at radius 3 is 2.89 bits per heavy atom. The van der Waals surface area contributed by atoms with E-state index in [0.29, 0.717) is 11.8 Å². The first-order chi connectivity index (χ1) is 8.63. The molecular weight excluding hydrogens is 228 g/mol. The Morgan fingerprint density at radius 2 is 2.22 bits per heavy atom. The summed E-state index contributed by atoms with van der Waals surface area (Å²) in [6.07, 6.45) is 0.977. The molecule has 1 unspecified atom stereocenters. The molecule has 1 heterocycles. The number of benzene rings is 1. The van der Waals surface area contributed by atoms with Gasteiger partial charge in [-0.1, -0.05) is 6.92 Å². The van der Waals surface area contributed by atoms with Gasteiger partial charge >= 0.3 is 0 Å². The fourth-order valence-electron chi connectivity index (χ4n) is 2.07. The highest BCUT2D eigenvalue weighted by Crippen LogP contribution is 2.22. The van der Waals surface area contributed by atoms with Crippen LogP contribution in [0.2, 0.25) is 0 Å². The maximum Gasteiger partial charge on any atom is 0.192 e. The summed E-state index contributed by atoms with van der Waals surface area (Å²) in [6.45, 7) is 5.01. The molecule has 0 saturated heterocycles. The van der Waals surface area contributed by atoms with Crippen molar-refractivity contribution in [2.45, 2.75) is 20.3 Å². The molecule has 4 heteroatoms. The summed E-state index contributed by atoms with van der Waals surface area (Å²) in [7, 11) is 2.03. The average Bonchev–Trinajstić information content (AvgIpc) is 2.74. The molecule has 4 nitrogen and oxygen atoms in total. The van der Waals surface area contributed by atoms with Gasteiger partial charge in [-0.25, -0.2) is 4.98 Å². The van der Waals surface area contributed by atoms with E-state index in [0.717, 1.165) is 29.8 Å². The van der Waals surface area contributed by atoms with Crippen LogP contribution in [-0.2, 0) is 0 Å². The van der Waals surface area contributed by atoms with Crippen molar-refractivity contribution >= 4 is 16.8 Å². The number of aliphatic hydroxyl groups is 1. The van der Waals surface area contributed by atoms with Crippen LogP contribution in [0.1, 0.15) is 19.2 Å². The van der Waals surface area contributed by atoms with Crippen molar-refractivity contribution in [1.29, 1.82) is 0 Å². The molecule has 0 fully saturated rings. The molecule has 18 heavy (non-hydrogen) atoms. The highest BCUT2D eigenvalue weighted by atomic mass is 16.3. The number of rotatable bonds is 5. The number of aliphatic hydroxyl groups excluding tert-OH is 1. The summed E-state index contributed by atoms with van der Waals surface area (Å²) in [5.74, 6) is 0.994. The normalized spacial score (nSPS) is 12.9. The van der Waals surface area contributed by atoms with Gasteiger partial charge in [0.25, 0.3) is 0 Å². The first kappa shape index (κ1) is 12.9. The quantitative estimate of drug-likeness (QED) is 0.883. The molecule has 1 aromatic heterocycles. The molecule has 1 aromatic carbocycles. The van der Waals surface area contributed by atoms with Crippen LogP contribution in [0.4, 0.5) is 5.69 Å². The summed E-state index contributed by atoms with van der Waals surface area (Å²) >= 11 is 0. The maximum absolute atomic E-state index is 9.24. The van der Waals surface area contributed by atoms with Crippen molar-refractivity contribution in [2.75, 3.05) is 25.1 Å². The predicted octanol–water partition coefficient (Wildman–Crippen LogP) is 2.59. The molecule has 2 rings (SSSR count). The highest BCUT2D eigenvalue weighted by Gasteiger charge is 2.11. The Hall–Kier alpha value is -1.55. The zero-order valence-corrected chi connectivity index (χ0v) is 11.2. The number of oxazole rings is 1. The highest BCUT2D eigenvalue weighted by molar-refractivity contribution is 5.77. The monoisotopic (exact) mass is 248 g/mol. The molecule has 0 saturated carbocycles. The fraction of sp³-hybridized carbons (Fsp3) is 0.500. The van der Waals surface area contributed by atoms with Gasteiger partial charge in [0.05, 0.1) is 0 Å². The Labute approximate surface area is 107 Å². The SMILES string of the molecule is CCC(CO)CN(C)c1ccc2nc(C)oc2c1. The Morgan fingerprint density at radius 1 is 1.44 bits per heavy atom. The predicted molar refractivity (Wildman–Crippen MR) is 72.9 cm³/mol. The molecule has 0 aliphatic heterocycles. The van der Waals surface area contributed by atoms with Gasteiger partial charge < -0.3 is 14.4 Å². The van der Waals surface area contributed by atoms with Crippen LogP contribution < -0.4 is 4.90 Å². The van der Waals surface area contributed by atoms with E-state index in [1.165, 1.54) is 0 Å². The number of hydrogen-bond donors (Lipinski definition) is 1. The zero-order chi connectivity index (χ0) is 13.1. The second-order valence-corrected chi connectivity index (χ2v) is 4.72. The third-order valence-electron chi connectivity index (χ3n) is 3.29. The van der Waals surface area contributed by atoms with Gasteiger partial charge in [-0.15, -0.1) is 0 Å². The van der Waals surface area contributed by atoms with Gasteiger partial charge in [0.15, 0.2) is 11.5 Å². The van der Waals surface area contributed by atoms with E-state index in [9.17, 15) is 5.11 Å². The lowest BCUT2D eigenvalue weighted by Crippen LogP contribution is -2.26. The summed E-state index contributed by atoms with van der Waals surface area (Å²) in [4.78, 5) is 6.42. The summed E-state index contributed by atoms with van der Waals surface area (Å²) < 4.78 is 5.53. The van der Waals surface area contributed by atoms with Gasteiger partial charge in [0.1, 0.15) is 5.52 Å². The number of aryl methyl sites for hydroxylation is 1. The lowest BCUT2D eigenvalue weighted by atomic mass is 10.1. The molecule has 1 atom stereocenters. The van der Waals surface area contributed by atoms with Crippen molar-refractivity contribution in [1.82, 2.24) is 4.98 Å². The molecule has 98 valence electrons. The lowest BCUT2D eigenvalue weighted by molar-refractivity contribution is 0.225. The van der Waals surface area contributed by atoms with Crippen LogP contribution in [0.5, 0.6) is 0 Å². The van der Waals surface area contributed by atoms with Gasteiger partial charge in [0.2, 0.25) is 0 Å². The third kappa shape index (κ3) is 2.64. The van der Waals surface area contributed by atoms with E-state index in [1.807, 2.05) is 32.2 Å².